The van der Waals surface area contributed by atoms with Crippen LogP contribution >= 0.6 is 11.8 Å². The van der Waals surface area contributed by atoms with E-state index in [-0.39, 0.29) is 35.6 Å². The Kier molecular flexibility index (Phi) is 8.09. The summed E-state index contributed by atoms with van der Waals surface area (Å²) in [7, 11) is 0. The van der Waals surface area contributed by atoms with E-state index in [1.165, 1.54) is 6.42 Å². The van der Waals surface area contributed by atoms with Crippen LogP contribution in [0.5, 0.6) is 0 Å². The molecule has 3 fully saturated rings. The van der Waals surface area contributed by atoms with Gasteiger partial charge in [0, 0.05) is 43.2 Å². The Morgan fingerprint density at radius 1 is 0.875 bits per heavy atom. The van der Waals surface area contributed by atoms with Gasteiger partial charge in [-0.3, -0.25) is 14.4 Å². The molecule has 0 aromatic heterocycles. The fourth-order valence-corrected chi connectivity index (χ4v) is 9.71. The van der Waals surface area contributed by atoms with Gasteiger partial charge in [0.1, 0.15) is 6.04 Å². The number of benzene rings is 1. The van der Waals surface area contributed by atoms with Gasteiger partial charge in [0.15, 0.2) is 0 Å². The molecule has 6 rings (SSSR count). The van der Waals surface area contributed by atoms with Crippen LogP contribution in [0.15, 0.2) is 54.6 Å². The summed E-state index contributed by atoms with van der Waals surface area (Å²) in [5.41, 5.74) is 0.836. The van der Waals surface area contributed by atoms with Gasteiger partial charge < -0.3 is 19.8 Å². The predicted octanol–water partition coefficient (Wildman–Crippen LogP) is 4.17. The minimum atomic E-state index is -0.752. The van der Waals surface area contributed by atoms with Crippen molar-refractivity contribution in [1.82, 2.24) is 9.80 Å². The van der Waals surface area contributed by atoms with Crippen molar-refractivity contribution < 1.29 is 19.5 Å². The third kappa shape index (κ3) is 4.71. The van der Waals surface area contributed by atoms with E-state index in [0.29, 0.717) is 19.6 Å². The summed E-state index contributed by atoms with van der Waals surface area (Å²) >= 11 is 1.67. The molecule has 0 radical (unpaired) electrons. The lowest BCUT2D eigenvalue weighted by Crippen LogP contribution is -2.55. The summed E-state index contributed by atoms with van der Waals surface area (Å²) in [6.45, 7) is 1.73. The normalized spacial score (nSPS) is 32.2. The number of unbranched alkanes of at least 4 members (excludes halogenated alkanes) is 3. The average molecular weight is 564 g/mol. The number of aliphatic hydroxyl groups is 1. The highest BCUT2D eigenvalue weighted by molar-refractivity contribution is 8.02. The lowest BCUT2D eigenvalue weighted by Gasteiger charge is -2.39. The lowest BCUT2D eigenvalue weighted by molar-refractivity contribution is -0.144. The van der Waals surface area contributed by atoms with E-state index in [0.717, 1.165) is 57.1 Å². The number of para-hydroxylation sites is 1. The number of carbonyl (C=O) groups excluding carboxylic acids is 3. The molecule has 1 aromatic rings. The number of likely N-dealkylation sites (tertiary alicyclic amines) is 1. The molecule has 8 heteroatoms. The van der Waals surface area contributed by atoms with Crippen LogP contribution in [0.3, 0.4) is 0 Å². The highest BCUT2D eigenvalue weighted by Gasteiger charge is 2.71. The van der Waals surface area contributed by atoms with Crippen LogP contribution in [0.2, 0.25) is 0 Å². The van der Waals surface area contributed by atoms with Gasteiger partial charge >= 0.3 is 0 Å². The second-order valence-electron chi connectivity index (χ2n) is 11.9. The SMILES string of the molecule is O=C1[C@@H]2[C@H](C=CCN1c1ccccc1)S[C@]13C=CCN(C4CCCCC4)C(=O)C1N(CCCCCCO)C(=O)[C@H]23. The van der Waals surface area contributed by atoms with E-state index in [1.807, 2.05) is 40.1 Å². The third-order valence-electron chi connectivity index (χ3n) is 9.58. The van der Waals surface area contributed by atoms with Crippen LogP contribution in [0.4, 0.5) is 5.69 Å². The van der Waals surface area contributed by atoms with Gasteiger partial charge in [-0.15, -0.1) is 11.8 Å². The Morgan fingerprint density at radius 2 is 1.65 bits per heavy atom. The van der Waals surface area contributed by atoms with Gasteiger partial charge in [-0.2, -0.15) is 0 Å². The summed E-state index contributed by atoms with van der Waals surface area (Å²) in [4.78, 5) is 48.9. The third-order valence-corrected chi connectivity index (χ3v) is 11.3. The van der Waals surface area contributed by atoms with Crippen molar-refractivity contribution in [2.45, 2.75) is 79.9 Å². The van der Waals surface area contributed by atoms with Crippen molar-refractivity contribution >= 4 is 35.2 Å². The Bertz CT molecular complexity index is 1170. The number of carbonyl (C=O) groups is 3. The summed E-state index contributed by atoms with van der Waals surface area (Å²) in [5.74, 6) is -1.10. The van der Waals surface area contributed by atoms with Crippen LogP contribution in [0, 0.1) is 11.8 Å². The Balaban J connectivity index is 1.36. The number of fused-ring (bicyclic) bond motifs is 2. The van der Waals surface area contributed by atoms with E-state index >= 15 is 0 Å². The zero-order valence-corrected chi connectivity index (χ0v) is 24.0. The molecule has 1 N–H and O–H groups in total. The fourth-order valence-electron chi connectivity index (χ4n) is 7.70. The van der Waals surface area contributed by atoms with Gasteiger partial charge in [-0.1, -0.05) is 74.6 Å². The molecule has 7 nitrogen and oxygen atoms in total. The quantitative estimate of drug-likeness (QED) is 0.379. The molecule has 5 atom stereocenters. The molecule has 1 spiro atoms. The maximum atomic E-state index is 14.5. The number of hydrogen-bond acceptors (Lipinski definition) is 5. The molecule has 4 aliphatic heterocycles. The van der Waals surface area contributed by atoms with E-state index in [9.17, 15) is 19.5 Å². The molecule has 40 heavy (non-hydrogen) atoms. The number of anilines is 1. The topological polar surface area (TPSA) is 81.2 Å². The number of hydrogen-bond donors (Lipinski definition) is 1. The number of aliphatic hydroxyl groups excluding tert-OH is 1. The highest BCUT2D eigenvalue weighted by atomic mass is 32.2. The second-order valence-corrected chi connectivity index (χ2v) is 13.4. The molecule has 1 aliphatic carbocycles. The first-order valence-electron chi connectivity index (χ1n) is 15.2. The molecular weight excluding hydrogens is 522 g/mol. The molecule has 4 heterocycles. The Morgan fingerprint density at radius 3 is 2.42 bits per heavy atom. The summed E-state index contributed by atoms with van der Waals surface area (Å²) < 4.78 is -0.752. The molecule has 3 amide bonds. The van der Waals surface area contributed by atoms with E-state index < -0.39 is 22.6 Å². The first-order chi connectivity index (χ1) is 19.6. The van der Waals surface area contributed by atoms with Gasteiger partial charge in [0.2, 0.25) is 17.7 Å². The highest BCUT2D eigenvalue weighted by Crippen LogP contribution is 2.61. The smallest absolute Gasteiger partial charge is 0.247 e. The number of rotatable bonds is 8. The van der Waals surface area contributed by atoms with Crippen molar-refractivity contribution in [3.63, 3.8) is 0 Å². The van der Waals surface area contributed by atoms with E-state index in [4.69, 9.17) is 0 Å². The minimum absolute atomic E-state index is 0.0262. The number of amides is 3. The molecule has 214 valence electrons. The molecule has 2 saturated heterocycles. The number of nitrogens with zero attached hydrogens (tertiary/aromatic N) is 3. The summed E-state index contributed by atoms with van der Waals surface area (Å²) in [5, 5.41) is 9.05. The largest absolute Gasteiger partial charge is 0.396 e. The lowest BCUT2D eigenvalue weighted by atomic mass is 9.78. The zero-order valence-electron chi connectivity index (χ0n) is 23.2. The fraction of sp³-hybridized carbons (Fsp3) is 0.594. The maximum absolute atomic E-state index is 14.5. The first kappa shape index (κ1) is 27.6. The van der Waals surface area contributed by atoms with Gasteiger partial charge in [-0.05, 0) is 37.8 Å². The average Bonchev–Trinajstić information content (AvgIpc) is 3.28. The van der Waals surface area contributed by atoms with E-state index in [2.05, 4.69) is 24.3 Å². The molecule has 0 bridgehead atoms. The van der Waals surface area contributed by atoms with Crippen LogP contribution < -0.4 is 4.90 Å². The van der Waals surface area contributed by atoms with Gasteiger partial charge in [0.25, 0.3) is 0 Å². The summed E-state index contributed by atoms with van der Waals surface area (Å²) in [6, 6.07) is 9.32. The first-order valence-corrected chi connectivity index (χ1v) is 16.0. The van der Waals surface area contributed by atoms with Crippen LogP contribution in [0.25, 0.3) is 0 Å². The van der Waals surface area contributed by atoms with Gasteiger partial charge in [0.05, 0.1) is 16.6 Å². The molecule has 1 aromatic carbocycles. The molecule has 1 saturated carbocycles. The maximum Gasteiger partial charge on any atom is 0.247 e. The van der Waals surface area contributed by atoms with E-state index in [1.54, 1.807) is 16.7 Å². The van der Waals surface area contributed by atoms with Crippen molar-refractivity contribution in [1.29, 1.82) is 0 Å². The Labute approximate surface area is 241 Å². The van der Waals surface area contributed by atoms with Crippen molar-refractivity contribution in [3.05, 3.63) is 54.6 Å². The zero-order chi connectivity index (χ0) is 27.7. The minimum Gasteiger partial charge on any atom is -0.396 e. The van der Waals surface area contributed by atoms with Crippen LogP contribution in [0.1, 0.15) is 57.8 Å². The van der Waals surface area contributed by atoms with Crippen molar-refractivity contribution in [3.8, 4) is 0 Å². The summed E-state index contributed by atoms with van der Waals surface area (Å²) in [6.07, 6.45) is 17.3. The molecular formula is C32H41N3O4S. The van der Waals surface area contributed by atoms with Crippen molar-refractivity contribution in [2.75, 3.05) is 31.1 Å². The number of thioether (sulfide) groups is 1. The van der Waals surface area contributed by atoms with Crippen LogP contribution in [-0.2, 0) is 14.4 Å². The molecule has 1 unspecified atom stereocenters. The molecule has 5 aliphatic rings. The Hall–Kier alpha value is -2.58. The standard InChI is InChI=1S/C32H41N3O4S/c36-22-10-2-1-9-19-35-28-31(39)34(24-15-7-4-8-16-24)21-12-18-32(28)27(30(35)38)26-25(40-32)17-11-20-33(29(26)37)23-13-5-3-6-14-23/h3,5-6,11-14,17-18,24-28,36H,1-2,4,7-10,15-16,19-22H2/t25-,26+,27-,28?,32-/m0/s1. The van der Waals surface area contributed by atoms with Gasteiger partial charge in [-0.25, -0.2) is 0 Å². The van der Waals surface area contributed by atoms with Crippen molar-refractivity contribution in [2.24, 2.45) is 11.8 Å². The van der Waals surface area contributed by atoms with Crippen LogP contribution in [-0.4, -0.2) is 80.9 Å². The second kappa shape index (κ2) is 11.7. The monoisotopic (exact) mass is 563 g/mol. The predicted molar refractivity (Wildman–Crippen MR) is 158 cm³/mol.